The third kappa shape index (κ3) is 3.48. The molecule has 1 aliphatic carbocycles. The minimum absolute atomic E-state index is 0.0193. The summed E-state index contributed by atoms with van der Waals surface area (Å²) in [5.74, 6) is 1.26. The summed E-state index contributed by atoms with van der Waals surface area (Å²) in [4.78, 5) is 18.1. The Morgan fingerprint density at radius 2 is 2.42 bits per heavy atom. The maximum absolute atomic E-state index is 11.0. The molecular weight excluding hydrogens is 288 g/mol. The van der Waals surface area contributed by atoms with Crippen molar-refractivity contribution in [3.8, 4) is 0 Å². The molecule has 104 valence electrons. The molecule has 0 bridgehead atoms. The zero-order chi connectivity index (χ0) is 13.8. The van der Waals surface area contributed by atoms with Crippen LogP contribution in [-0.2, 0) is 0 Å². The van der Waals surface area contributed by atoms with Crippen LogP contribution < -0.4 is 5.32 Å². The Morgan fingerprint density at radius 3 is 3.11 bits per heavy atom. The molecule has 6 nitrogen and oxygen atoms in total. The largest absolute Gasteiger partial charge is 0.360 e. The number of hydrogen-bond donors (Lipinski definition) is 1. The number of anilines is 1. The van der Waals surface area contributed by atoms with Gasteiger partial charge in [0, 0.05) is 11.3 Å². The van der Waals surface area contributed by atoms with E-state index in [1.165, 1.54) is 0 Å². The van der Waals surface area contributed by atoms with E-state index in [0.717, 1.165) is 31.2 Å². The molecule has 1 N–H and O–H groups in total. The van der Waals surface area contributed by atoms with Crippen LogP contribution in [0.3, 0.4) is 0 Å². The molecule has 0 aromatic carbocycles. The van der Waals surface area contributed by atoms with Crippen LogP contribution >= 0.6 is 23.4 Å². The highest BCUT2D eigenvalue weighted by atomic mass is 35.5. The number of nitrogens with one attached hydrogen (secondary N) is 1. The van der Waals surface area contributed by atoms with Crippen molar-refractivity contribution in [3.63, 3.8) is 0 Å². The Kier molecular flexibility index (Phi) is 4.81. The predicted molar refractivity (Wildman–Crippen MR) is 76.9 cm³/mol. The summed E-state index contributed by atoms with van der Waals surface area (Å²) in [6.45, 7) is 2.12. The van der Waals surface area contributed by atoms with Gasteiger partial charge in [-0.15, -0.1) is 0 Å². The summed E-state index contributed by atoms with van der Waals surface area (Å²) in [5.41, 5.74) is -0.128. The topological polar surface area (TPSA) is 81.0 Å². The van der Waals surface area contributed by atoms with Gasteiger partial charge < -0.3 is 5.32 Å². The molecule has 2 unspecified atom stereocenters. The molecule has 1 heterocycles. The molecule has 0 spiro atoms. The normalized spacial score (nSPS) is 22.4. The SMILES string of the molecule is CCSC1CCCC1Nc1nc(Cl)ncc1[N+](=O)[O-]. The number of thioether (sulfide) groups is 1. The Bertz CT molecular complexity index is 474. The van der Waals surface area contributed by atoms with Gasteiger partial charge >= 0.3 is 5.69 Å². The average Bonchev–Trinajstić information content (AvgIpc) is 2.77. The van der Waals surface area contributed by atoms with E-state index in [9.17, 15) is 10.1 Å². The summed E-state index contributed by atoms with van der Waals surface area (Å²) in [6, 6.07) is 0.203. The second-order valence-electron chi connectivity index (χ2n) is 4.31. The summed E-state index contributed by atoms with van der Waals surface area (Å²) in [6.07, 6.45) is 4.40. The minimum atomic E-state index is -0.490. The van der Waals surface area contributed by atoms with E-state index in [1.807, 2.05) is 11.8 Å². The molecule has 1 aromatic rings. The van der Waals surface area contributed by atoms with Gasteiger partial charge in [-0.1, -0.05) is 13.3 Å². The molecule has 1 fully saturated rings. The van der Waals surface area contributed by atoms with Gasteiger partial charge in [0.25, 0.3) is 0 Å². The average molecular weight is 303 g/mol. The molecule has 1 saturated carbocycles. The first-order valence-corrected chi connectivity index (χ1v) is 7.59. The molecular formula is C11H15ClN4O2S. The van der Waals surface area contributed by atoms with Crippen molar-refractivity contribution in [1.29, 1.82) is 0 Å². The van der Waals surface area contributed by atoms with Crippen LogP contribution in [0, 0.1) is 10.1 Å². The number of aromatic nitrogens is 2. The van der Waals surface area contributed by atoms with Gasteiger partial charge in [0.05, 0.1) is 4.92 Å². The first-order valence-electron chi connectivity index (χ1n) is 6.17. The number of nitro groups is 1. The van der Waals surface area contributed by atoms with Crippen LogP contribution in [-0.4, -0.2) is 31.9 Å². The maximum Gasteiger partial charge on any atom is 0.329 e. The van der Waals surface area contributed by atoms with Crippen LogP contribution in [0.4, 0.5) is 11.5 Å². The second kappa shape index (κ2) is 6.38. The van der Waals surface area contributed by atoms with Gasteiger partial charge in [0.2, 0.25) is 11.1 Å². The molecule has 19 heavy (non-hydrogen) atoms. The van der Waals surface area contributed by atoms with Crippen molar-refractivity contribution in [3.05, 3.63) is 21.6 Å². The third-order valence-electron chi connectivity index (χ3n) is 3.09. The Hall–Kier alpha value is -1.08. The van der Waals surface area contributed by atoms with E-state index in [1.54, 1.807) is 0 Å². The fourth-order valence-electron chi connectivity index (χ4n) is 2.27. The zero-order valence-corrected chi connectivity index (χ0v) is 12.1. The maximum atomic E-state index is 11.0. The Balaban J connectivity index is 2.17. The van der Waals surface area contributed by atoms with E-state index in [4.69, 9.17) is 11.6 Å². The molecule has 8 heteroatoms. The fraction of sp³-hybridized carbons (Fsp3) is 0.636. The zero-order valence-electron chi connectivity index (χ0n) is 10.5. The van der Waals surface area contributed by atoms with Crippen LogP contribution in [0.2, 0.25) is 5.28 Å². The smallest absolute Gasteiger partial charge is 0.329 e. The van der Waals surface area contributed by atoms with Crippen molar-refractivity contribution < 1.29 is 4.92 Å². The van der Waals surface area contributed by atoms with E-state index >= 15 is 0 Å². The number of hydrogen-bond acceptors (Lipinski definition) is 6. The highest BCUT2D eigenvalue weighted by Gasteiger charge is 2.29. The standard InChI is InChI=1S/C11H15ClN4O2S/c1-2-19-9-5-3-4-7(9)14-10-8(16(17)18)6-13-11(12)15-10/h6-7,9H,2-5H2,1H3,(H,13,14,15). The first kappa shape index (κ1) is 14.3. The lowest BCUT2D eigenvalue weighted by molar-refractivity contribution is -0.384. The predicted octanol–water partition coefficient (Wildman–Crippen LogP) is 3.12. The molecule has 0 saturated heterocycles. The molecule has 0 aliphatic heterocycles. The lowest BCUT2D eigenvalue weighted by atomic mass is 10.2. The molecule has 2 rings (SSSR count). The third-order valence-corrected chi connectivity index (χ3v) is 4.60. The van der Waals surface area contributed by atoms with Gasteiger partial charge in [-0.05, 0) is 30.2 Å². The first-order chi connectivity index (χ1) is 9.11. The van der Waals surface area contributed by atoms with Crippen molar-refractivity contribution in [1.82, 2.24) is 9.97 Å². The van der Waals surface area contributed by atoms with Gasteiger partial charge in [-0.2, -0.15) is 16.7 Å². The highest BCUT2D eigenvalue weighted by Crippen LogP contribution is 2.33. The van der Waals surface area contributed by atoms with Crippen molar-refractivity contribution in [2.24, 2.45) is 0 Å². The lowest BCUT2D eigenvalue weighted by Gasteiger charge is -2.20. The van der Waals surface area contributed by atoms with E-state index < -0.39 is 4.92 Å². The van der Waals surface area contributed by atoms with Crippen LogP contribution in [0.25, 0.3) is 0 Å². The van der Waals surface area contributed by atoms with Crippen LogP contribution in [0.1, 0.15) is 26.2 Å². The monoisotopic (exact) mass is 302 g/mol. The number of halogens is 1. The number of nitrogens with zero attached hydrogens (tertiary/aromatic N) is 3. The van der Waals surface area contributed by atoms with E-state index in [-0.39, 0.29) is 22.8 Å². The Morgan fingerprint density at radius 1 is 1.63 bits per heavy atom. The van der Waals surface area contributed by atoms with E-state index in [2.05, 4.69) is 22.2 Å². The molecule has 0 amide bonds. The Labute approximate surface area is 120 Å². The van der Waals surface area contributed by atoms with Gasteiger partial charge in [-0.25, -0.2) is 4.98 Å². The summed E-state index contributed by atoms with van der Waals surface area (Å²) < 4.78 is 0. The van der Waals surface area contributed by atoms with E-state index in [0.29, 0.717) is 5.25 Å². The van der Waals surface area contributed by atoms with Gasteiger partial charge in [0.1, 0.15) is 6.20 Å². The van der Waals surface area contributed by atoms with Crippen LogP contribution in [0.15, 0.2) is 6.20 Å². The van der Waals surface area contributed by atoms with Crippen molar-refractivity contribution in [2.75, 3.05) is 11.1 Å². The molecule has 1 aromatic heterocycles. The van der Waals surface area contributed by atoms with Crippen molar-refractivity contribution in [2.45, 2.75) is 37.5 Å². The number of rotatable bonds is 5. The van der Waals surface area contributed by atoms with Crippen molar-refractivity contribution >= 4 is 34.9 Å². The molecule has 1 aliphatic rings. The lowest BCUT2D eigenvalue weighted by Crippen LogP contribution is -2.27. The summed E-state index contributed by atoms with van der Waals surface area (Å²) in [5, 5.41) is 14.6. The summed E-state index contributed by atoms with van der Waals surface area (Å²) in [7, 11) is 0. The quantitative estimate of drug-likeness (QED) is 0.511. The second-order valence-corrected chi connectivity index (χ2v) is 6.16. The van der Waals surface area contributed by atoms with Gasteiger partial charge in [-0.3, -0.25) is 10.1 Å². The minimum Gasteiger partial charge on any atom is -0.360 e. The molecule has 2 atom stereocenters. The fourth-order valence-corrected chi connectivity index (χ4v) is 3.61. The highest BCUT2D eigenvalue weighted by molar-refractivity contribution is 7.99. The van der Waals surface area contributed by atoms with Gasteiger partial charge in [0.15, 0.2) is 0 Å². The summed E-state index contributed by atoms with van der Waals surface area (Å²) >= 11 is 7.59. The van der Waals surface area contributed by atoms with Crippen LogP contribution in [0.5, 0.6) is 0 Å². The molecule has 0 radical (unpaired) electrons.